The molecule has 0 radical (unpaired) electrons. The van der Waals surface area contributed by atoms with Crippen molar-refractivity contribution in [2.75, 3.05) is 24.5 Å². The van der Waals surface area contributed by atoms with Crippen molar-refractivity contribution in [2.45, 2.75) is 45.0 Å². The lowest BCUT2D eigenvalue weighted by molar-refractivity contribution is -0.138. The molecule has 1 aromatic heterocycles. The lowest BCUT2D eigenvalue weighted by atomic mass is 10.1. The molecule has 1 saturated heterocycles. The molecule has 7 nitrogen and oxygen atoms in total. The number of carboxylic acid groups (broad SMARTS) is 1. The molecule has 1 N–H and O–H groups in total. The van der Waals surface area contributed by atoms with Gasteiger partial charge >= 0.3 is 18.2 Å². The van der Waals surface area contributed by atoms with Crippen molar-refractivity contribution in [2.24, 2.45) is 0 Å². The van der Waals surface area contributed by atoms with Gasteiger partial charge in [-0.25, -0.2) is 9.78 Å². The number of rotatable bonds is 3. The van der Waals surface area contributed by atoms with Gasteiger partial charge < -0.3 is 19.6 Å². The largest absolute Gasteiger partial charge is 0.481 e. The Bertz CT molecular complexity index is 752. The van der Waals surface area contributed by atoms with Gasteiger partial charge in [-0.15, -0.1) is 0 Å². The number of carboxylic acids is 1. The first-order valence-corrected chi connectivity index (χ1v) is 9.26. The molecule has 0 saturated carbocycles. The van der Waals surface area contributed by atoms with Crippen molar-refractivity contribution < 1.29 is 32.6 Å². The number of piperazine rings is 1. The van der Waals surface area contributed by atoms with Gasteiger partial charge in [0.25, 0.3) is 0 Å². The average Bonchev–Trinajstić information content (AvgIpc) is 2.52. The van der Waals surface area contributed by atoms with Gasteiger partial charge in [0.2, 0.25) is 0 Å². The summed E-state index contributed by atoms with van der Waals surface area (Å²) >= 11 is 3.10. The first-order chi connectivity index (χ1) is 12.8. The predicted molar refractivity (Wildman–Crippen MR) is 98.1 cm³/mol. The van der Waals surface area contributed by atoms with Crippen LogP contribution >= 0.6 is 15.9 Å². The Morgan fingerprint density at radius 2 is 1.96 bits per heavy atom. The molecular weight excluding hydrogens is 447 g/mol. The third-order valence-electron chi connectivity index (χ3n) is 3.97. The Hall–Kier alpha value is -2.04. The van der Waals surface area contributed by atoms with Crippen molar-refractivity contribution >= 4 is 33.8 Å². The van der Waals surface area contributed by atoms with E-state index < -0.39 is 35.4 Å². The summed E-state index contributed by atoms with van der Waals surface area (Å²) in [4.78, 5) is 30.5. The zero-order valence-electron chi connectivity index (χ0n) is 15.6. The third kappa shape index (κ3) is 5.73. The number of carbonyl (C=O) groups is 2. The molecule has 0 aliphatic carbocycles. The van der Waals surface area contributed by atoms with E-state index in [-0.39, 0.29) is 36.3 Å². The Kier molecular flexibility index (Phi) is 6.47. The Morgan fingerprint density at radius 3 is 2.46 bits per heavy atom. The minimum absolute atomic E-state index is 0.0519. The third-order valence-corrected chi connectivity index (χ3v) is 4.55. The summed E-state index contributed by atoms with van der Waals surface area (Å²) in [5, 5.41) is 9.22. The second-order valence-corrected chi connectivity index (χ2v) is 8.25. The number of nitrogens with zero attached hydrogens (tertiary/aromatic N) is 3. The fourth-order valence-corrected chi connectivity index (χ4v) is 3.38. The molecule has 28 heavy (non-hydrogen) atoms. The lowest BCUT2D eigenvalue weighted by Crippen LogP contribution is -2.56. The number of carbonyl (C=O) groups excluding carboxylic acids is 1. The van der Waals surface area contributed by atoms with Crippen molar-refractivity contribution in [1.82, 2.24) is 9.88 Å². The number of alkyl halides is 3. The van der Waals surface area contributed by atoms with E-state index in [0.717, 1.165) is 6.07 Å². The van der Waals surface area contributed by atoms with Gasteiger partial charge in [-0.1, -0.05) is 0 Å². The van der Waals surface area contributed by atoms with E-state index in [9.17, 15) is 27.9 Å². The minimum Gasteiger partial charge on any atom is -0.481 e. The van der Waals surface area contributed by atoms with E-state index >= 15 is 0 Å². The van der Waals surface area contributed by atoms with Crippen molar-refractivity contribution in [3.8, 4) is 0 Å². The maximum atomic E-state index is 12.9. The molecule has 11 heteroatoms. The number of hydrogen-bond donors (Lipinski definition) is 1. The van der Waals surface area contributed by atoms with Gasteiger partial charge in [0.05, 0.1) is 22.5 Å². The zero-order chi connectivity index (χ0) is 21.3. The number of aliphatic carboxylic acids is 1. The van der Waals surface area contributed by atoms with E-state index in [1.165, 1.54) is 4.90 Å². The molecule has 0 bridgehead atoms. The highest BCUT2D eigenvalue weighted by Gasteiger charge is 2.36. The fourth-order valence-electron chi connectivity index (χ4n) is 2.80. The summed E-state index contributed by atoms with van der Waals surface area (Å²) in [5.74, 6) is -0.896. The van der Waals surface area contributed by atoms with Crippen LogP contribution in [0.15, 0.2) is 16.7 Å². The van der Waals surface area contributed by atoms with Gasteiger partial charge in [-0.05, 0) is 42.8 Å². The van der Waals surface area contributed by atoms with Crippen molar-refractivity contribution in [1.29, 1.82) is 0 Å². The predicted octanol–water partition coefficient (Wildman–Crippen LogP) is 3.76. The Balaban J connectivity index is 2.25. The maximum absolute atomic E-state index is 12.9. The first-order valence-electron chi connectivity index (χ1n) is 8.47. The van der Waals surface area contributed by atoms with Crippen LogP contribution in [-0.4, -0.2) is 58.3 Å². The molecule has 1 aromatic rings. The summed E-state index contributed by atoms with van der Waals surface area (Å²) in [5.41, 5.74) is -1.61. The topological polar surface area (TPSA) is 83.0 Å². The molecule has 1 fully saturated rings. The van der Waals surface area contributed by atoms with Crippen LogP contribution in [0.2, 0.25) is 0 Å². The van der Waals surface area contributed by atoms with Crippen LogP contribution in [0.3, 0.4) is 0 Å². The number of anilines is 1. The Morgan fingerprint density at radius 1 is 1.32 bits per heavy atom. The smallest absolute Gasteiger partial charge is 0.417 e. The van der Waals surface area contributed by atoms with E-state index in [1.807, 2.05) is 0 Å². The lowest BCUT2D eigenvalue weighted by Gasteiger charge is -2.42. The number of halogens is 4. The second kappa shape index (κ2) is 8.14. The van der Waals surface area contributed by atoms with E-state index in [4.69, 9.17) is 4.74 Å². The number of amides is 1. The monoisotopic (exact) mass is 467 g/mol. The van der Waals surface area contributed by atoms with Crippen LogP contribution in [0, 0.1) is 0 Å². The molecule has 0 aromatic carbocycles. The highest BCUT2D eigenvalue weighted by atomic mass is 79.9. The van der Waals surface area contributed by atoms with Gasteiger partial charge in [-0.3, -0.25) is 4.79 Å². The highest BCUT2D eigenvalue weighted by molar-refractivity contribution is 9.10. The number of ether oxygens (including phenoxy) is 1. The Labute approximate surface area is 168 Å². The molecule has 1 unspecified atom stereocenters. The summed E-state index contributed by atoms with van der Waals surface area (Å²) in [6.07, 6.45) is -4.71. The van der Waals surface area contributed by atoms with Gasteiger partial charge in [-0.2, -0.15) is 13.2 Å². The van der Waals surface area contributed by atoms with Crippen LogP contribution < -0.4 is 4.90 Å². The maximum Gasteiger partial charge on any atom is 0.417 e. The number of hydrogen-bond acceptors (Lipinski definition) is 5. The van der Waals surface area contributed by atoms with E-state index in [0.29, 0.717) is 6.20 Å². The normalized spacial score (nSPS) is 18.2. The molecule has 156 valence electrons. The molecule has 1 amide bonds. The quantitative estimate of drug-likeness (QED) is 0.728. The van der Waals surface area contributed by atoms with Crippen molar-refractivity contribution in [3.63, 3.8) is 0 Å². The second-order valence-electron chi connectivity index (χ2n) is 7.40. The SMILES string of the molecule is CC(C)(C)OC(=O)N1CCN(c2ncc(C(F)(F)F)cc2Br)C(CC(=O)O)C1. The molecular formula is C17H21BrF3N3O4. The summed E-state index contributed by atoms with van der Waals surface area (Å²) in [7, 11) is 0. The number of aromatic nitrogens is 1. The van der Waals surface area contributed by atoms with Crippen LogP contribution in [0.25, 0.3) is 0 Å². The molecule has 1 aliphatic heterocycles. The highest BCUT2D eigenvalue weighted by Crippen LogP contribution is 2.35. The molecule has 1 aliphatic rings. The van der Waals surface area contributed by atoms with Crippen LogP contribution in [-0.2, 0) is 15.7 Å². The molecule has 2 rings (SSSR count). The standard InChI is InChI=1S/C17H21BrF3N3O4/c1-16(2,3)28-15(27)23-4-5-24(11(9-23)7-13(25)26)14-12(18)6-10(8-22-14)17(19,20)21/h6,8,11H,4-5,7,9H2,1-3H3,(H,25,26). The average molecular weight is 468 g/mol. The molecule has 0 spiro atoms. The van der Waals surface area contributed by atoms with E-state index in [2.05, 4.69) is 20.9 Å². The van der Waals surface area contributed by atoms with Crippen LogP contribution in [0.1, 0.15) is 32.8 Å². The van der Waals surface area contributed by atoms with Gasteiger partial charge in [0.1, 0.15) is 11.4 Å². The molecule has 1 atom stereocenters. The van der Waals surface area contributed by atoms with E-state index in [1.54, 1.807) is 25.7 Å². The van der Waals surface area contributed by atoms with Gasteiger partial charge in [0.15, 0.2) is 0 Å². The summed E-state index contributed by atoms with van der Waals surface area (Å²) in [6, 6.07) is 0.236. The zero-order valence-corrected chi connectivity index (χ0v) is 17.2. The summed E-state index contributed by atoms with van der Waals surface area (Å²) in [6.45, 7) is 5.64. The molecule has 2 heterocycles. The fraction of sp³-hybridized carbons (Fsp3) is 0.588. The van der Waals surface area contributed by atoms with Gasteiger partial charge in [0, 0.05) is 25.8 Å². The van der Waals surface area contributed by atoms with Crippen LogP contribution in [0.4, 0.5) is 23.8 Å². The van der Waals surface area contributed by atoms with Crippen molar-refractivity contribution in [3.05, 3.63) is 22.3 Å². The summed E-state index contributed by atoms with van der Waals surface area (Å²) < 4.78 is 44.0. The van der Waals surface area contributed by atoms with Crippen LogP contribution in [0.5, 0.6) is 0 Å². The first kappa shape index (κ1) is 22.3. The minimum atomic E-state index is -4.54. The number of pyridine rings is 1.